The van der Waals surface area contributed by atoms with Crippen LogP contribution >= 0.6 is 0 Å². The molecular formula is C14H12FO. The minimum absolute atomic E-state index is 0.205. The van der Waals surface area contributed by atoms with Gasteiger partial charge in [0.25, 0.3) is 0 Å². The Bertz CT molecular complexity index is 489. The summed E-state index contributed by atoms with van der Waals surface area (Å²) in [4.78, 5) is 0. The van der Waals surface area contributed by atoms with Crippen molar-refractivity contribution in [3.8, 4) is 11.5 Å². The number of hydrogen-bond acceptors (Lipinski definition) is 1. The second-order valence-corrected chi connectivity index (χ2v) is 3.68. The Kier molecular flexibility index (Phi) is 2.91. The molecule has 0 amide bonds. The largest absolute Gasteiger partial charge is 0.454 e. The lowest BCUT2D eigenvalue weighted by Crippen LogP contribution is -1.89. The standard InChI is InChI=1S/C14H12FO/c1-10-3-6-12(7-4-10)16-14-9-11(2)5-8-13(14)15/h3-9H,2H2,1H3. The zero-order chi connectivity index (χ0) is 11.5. The van der Waals surface area contributed by atoms with Gasteiger partial charge in [-0.05, 0) is 43.7 Å². The first-order valence-corrected chi connectivity index (χ1v) is 5.01. The SMILES string of the molecule is [CH2]c1ccc(F)c(Oc2ccc(C)cc2)c1. The Morgan fingerprint density at radius 2 is 1.75 bits per heavy atom. The monoisotopic (exact) mass is 215 g/mol. The molecule has 0 fully saturated rings. The zero-order valence-electron chi connectivity index (χ0n) is 9.03. The van der Waals surface area contributed by atoms with Crippen LogP contribution in [0.4, 0.5) is 4.39 Å². The molecule has 0 atom stereocenters. The van der Waals surface area contributed by atoms with Gasteiger partial charge in [-0.1, -0.05) is 23.8 Å². The summed E-state index contributed by atoms with van der Waals surface area (Å²) in [5.74, 6) is 0.444. The molecule has 16 heavy (non-hydrogen) atoms. The summed E-state index contributed by atoms with van der Waals surface area (Å²) in [6.45, 7) is 5.72. The number of hydrogen-bond donors (Lipinski definition) is 0. The van der Waals surface area contributed by atoms with Crippen LogP contribution in [0.25, 0.3) is 0 Å². The van der Waals surface area contributed by atoms with Gasteiger partial charge in [0, 0.05) is 0 Å². The fourth-order valence-electron chi connectivity index (χ4n) is 1.36. The number of ether oxygens (including phenoxy) is 1. The van der Waals surface area contributed by atoms with Crippen molar-refractivity contribution in [2.24, 2.45) is 0 Å². The highest BCUT2D eigenvalue weighted by atomic mass is 19.1. The quantitative estimate of drug-likeness (QED) is 0.732. The first kappa shape index (κ1) is 10.7. The second-order valence-electron chi connectivity index (χ2n) is 3.68. The summed E-state index contributed by atoms with van der Waals surface area (Å²) in [5, 5.41) is 0. The van der Waals surface area contributed by atoms with Crippen molar-refractivity contribution in [2.75, 3.05) is 0 Å². The predicted octanol–water partition coefficient (Wildman–Crippen LogP) is 4.11. The van der Waals surface area contributed by atoms with E-state index in [-0.39, 0.29) is 11.6 Å². The van der Waals surface area contributed by atoms with Crippen LogP contribution in [0.3, 0.4) is 0 Å². The minimum atomic E-state index is -0.382. The van der Waals surface area contributed by atoms with Crippen LogP contribution in [0.2, 0.25) is 0 Å². The van der Waals surface area contributed by atoms with Crippen molar-refractivity contribution in [1.82, 2.24) is 0 Å². The molecule has 0 aliphatic rings. The highest BCUT2D eigenvalue weighted by Gasteiger charge is 2.04. The summed E-state index contributed by atoms with van der Waals surface area (Å²) >= 11 is 0. The van der Waals surface area contributed by atoms with E-state index in [9.17, 15) is 4.39 Å². The van der Waals surface area contributed by atoms with Crippen molar-refractivity contribution in [2.45, 2.75) is 6.92 Å². The summed E-state index contributed by atoms with van der Waals surface area (Å²) in [5.41, 5.74) is 1.86. The number of aryl methyl sites for hydroxylation is 1. The molecule has 2 aromatic rings. The highest BCUT2D eigenvalue weighted by molar-refractivity contribution is 5.36. The van der Waals surface area contributed by atoms with Crippen molar-refractivity contribution in [1.29, 1.82) is 0 Å². The zero-order valence-corrected chi connectivity index (χ0v) is 9.03. The van der Waals surface area contributed by atoms with Crippen LogP contribution in [0, 0.1) is 19.7 Å². The molecule has 0 aliphatic carbocycles. The molecule has 2 heteroatoms. The molecular weight excluding hydrogens is 203 g/mol. The molecule has 1 radical (unpaired) electrons. The van der Waals surface area contributed by atoms with Crippen LogP contribution in [0.1, 0.15) is 11.1 Å². The average molecular weight is 215 g/mol. The molecule has 2 aromatic carbocycles. The van der Waals surface area contributed by atoms with E-state index in [1.54, 1.807) is 12.1 Å². The lowest BCUT2D eigenvalue weighted by Gasteiger charge is -2.07. The third-order valence-electron chi connectivity index (χ3n) is 2.24. The molecule has 0 heterocycles. The third kappa shape index (κ3) is 2.40. The van der Waals surface area contributed by atoms with E-state index in [0.717, 1.165) is 11.1 Å². The Hall–Kier alpha value is -1.83. The van der Waals surface area contributed by atoms with Crippen molar-refractivity contribution in [3.63, 3.8) is 0 Å². The first-order valence-electron chi connectivity index (χ1n) is 5.01. The maximum Gasteiger partial charge on any atom is 0.165 e. The van der Waals surface area contributed by atoms with Crippen molar-refractivity contribution in [3.05, 3.63) is 66.3 Å². The summed E-state index contributed by atoms with van der Waals surface area (Å²) < 4.78 is 18.8. The van der Waals surface area contributed by atoms with Gasteiger partial charge in [0.2, 0.25) is 0 Å². The number of benzene rings is 2. The fourth-order valence-corrected chi connectivity index (χ4v) is 1.36. The molecule has 2 rings (SSSR count). The lowest BCUT2D eigenvalue weighted by atomic mass is 10.2. The van der Waals surface area contributed by atoms with Crippen LogP contribution in [0.5, 0.6) is 11.5 Å². The van der Waals surface area contributed by atoms with E-state index >= 15 is 0 Å². The smallest absolute Gasteiger partial charge is 0.165 e. The van der Waals surface area contributed by atoms with Gasteiger partial charge < -0.3 is 4.74 Å². The molecule has 0 saturated carbocycles. The maximum absolute atomic E-state index is 13.4. The minimum Gasteiger partial charge on any atom is -0.454 e. The van der Waals surface area contributed by atoms with Gasteiger partial charge >= 0.3 is 0 Å². The van der Waals surface area contributed by atoms with Crippen molar-refractivity contribution < 1.29 is 9.13 Å². The predicted molar refractivity (Wildman–Crippen MR) is 62.1 cm³/mol. The van der Waals surface area contributed by atoms with Crippen LogP contribution in [-0.4, -0.2) is 0 Å². The van der Waals surface area contributed by atoms with Gasteiger partial charge in [-0.15, -0.1) is 0 Å². The third-order valence-corrected chi connectivity index (χ3v) is 2.24. The Labute approximate surface area is 94.5 Å². The van der Waals surface area contributed by atoms with Gasteiger partial charge in [-0.3, -0.25) is 0 Å². The summed E-state index contributed by atoms with van der Waals surface area (Å²) in [7, 11) is 0. The lowest BCUT2D eigenvalue weighted by molar-refractivity contribution is 0.442. The van der Waals surface area contributed by atoms with Crippen LogP contribution in [-0.2, 0) is 0 Å². The van der Waals surface area contributed by atoms with Crippen LogP contribution < -0.4 is 4.74 Å². The normalized spacial score (nSPS) is 10.2. The van der Waals surface area contributed by atoms with Gasteiger partial charge in [-0.25, -0.2) is 4.39 Å². The van der Waals surface area contributed by atoms with E-state index in [2.05, 4.69) is 6.92 Å². The summed E-state index contributed by atoms with van der Waals surface area (Å²) in [6.07, 6.45) is 0. The van der Waals surface area contributed by atoms with Gasteiger partial charge in [-0.2, -0.15) is 0 Å². The topological polar surface area (TPSA) is 9.23 Å². The second kappa shape index (κ2) is 4.35. The molecule has 0 bridgehead atoms. The molecule has 0 aliphatic heterocycles. The molecule has 0 aromatic heterocycles. The molecule has 0 saturated heterocycles. The summed E-state index contributed by atoms with van der Waals surface area (Å²) in [6, 6.07) is 12.0. The van der Waals surface area contributed by atoms with E-state index in [1.807, 2.05) is 31.2 Å². The Morgan fingerprint density at radius 3 is 2.44 bits per heavy atom. The van der Waals surface area contributed by atoms with Gasteiger partial charge in [0.15, 0.2) is 11.6 Å². The van der Waals surface area contributed by atoms with Gasteiger partial charge in [0.05, 0.1) is 0 Å². The van der Waals surface area contributed by atoms with E-state index in [1.165, 1.54) is 6.07 Å². The molecule has 1 nitrogen and oxygen atoms in total. The first-order chi connectivity index (χ1) is 7.65. The molecule has 0 spiro atoms. The van der Waals surface area contributed by atoms with Gasteiger partial charge in [0.1, 0.15) is 5.75 Å². The van der Waals surface area contributed by atoms with E-state index in [4.69, 9.17) is 4.74 Å². The van der Waals surface area contributed by atoms with Crippen molar-refractivity contribution >= 4 is 0 Å². The maximum atomic E-state index is 13.4. The van der Waals surface area contributed by atoms with E-state index < -0.39 is 0 Å². The number of halogens is 1. The molecule has 0 N–H and O–H groups in total. The average Bonchev–Trinajstić information content (AvgIpc) is 2.27. The highest BCUT2D eigenvalue weighted by Crippen LogP contribution is 2.25. The fraction of sp³-hybridized carbons (Fsp3) is 0.0714. The Morgan fingerprint density at radius 1 is 1.06 bits per heavy atom. The molecule has 81 valence electrons. The van der Waals surface area contributed by atoms with Crippen LogP contribution in [0.15, 0.2) is 42.5 Å². The molecule has 0 unspecified atom stereocenters. The number of rotatable bonds is 2. The van der Waals surface area contributed by atoms with E-state index in [0.29, 0.717) is 5.75 Å². The Balaban J connectivity index is 2.26.